The number of nitrogen functional groups attached to an aromatic ring is 1. The number of hydrogen-bond donors (Lipinski definition) is 3. The Bertz CT molecular complexity index is 1430. The summed E-state index contributed by atoms with van der Waals surface area (Å²) in [7, 11) is 0. The predicted molar refractivity (Wildman–Crippen MR) is 129 cm³/mol. The van der Waals surface area contributed by atoms with Gasteiger partial charge in [-0.3, -0.25) is 9.59 Å². The number of hydrogen-bond acceptors (Lipinski definition) is 5. The summed E-state index contributed by atoms with van der Waals surface area (Å²) in [6.07, 6.45) is 3.49. The monoisotopic (exact) mass is 475 g/mol. The highest BCUT2D eigenvalue weighted by molar-refractivity contribution is 7.19. The largest absolute Gasteiger partial charge is 0.375 e. The van der Waals surface area contributed by atoms with Crippen molar-refractivity contribution in [1.82, 2.24) is 20.2 Å². The number of carbonyl (C=O) groups excluding carboxylic acids is 2. The van der Waals surface area contributed by atoms with E-state index < -0.39 is 0 Å². The Hall–Kier alpha value is -3.72. The van der Waals surface area contributed by atoms with E-state index in [1.165, 1.54) is 23.5 Å². The van der Waals surface area contributed by atoms with Crippen LogP contribution in [0.3, 0.4) is 0 Å². The van der Waals surface area contributed by atoms with Crippen molar-refractivity contribution in [2.24, 2.45) is 5.92 Å². The molecule has 6 rings (SSSR count). The molecule has 2 aromatic carbocycles. The van der Waals surface area contributed by atoms with Crippen molar-refractivity contribution in [1.29, 1.82) is 0 Å². The van der Waals surface area contributed by atoms with Gasteiger partial charge in [0.05, 0.1) is 16.5 Å². The molecule has 3 heterocycles. The van der Waals surface area contributed by atoms with E-state index in [1.54, 1.807) is 18.3 Å². The third-order valence-corrected chi connectivity index (χ3v) is 7.64. The first-order valence-electron chi connectivity index (χ1n) is 11.2. The van der Waals surface area contributed by atoms with Crippen LogP contribution in [0.25, 0.3) is 21.3 Å². The molecule has 4 aromatic rings. The molecule has 4 N–H and O–H groups in total. The van der Waals surface area contributed by atoms with Crippen LogP contribution >= 0.6 is 11.3 Å². The van der Waals surface area contributed by atoms with Gasteiger partial charge in [0.15, 0.2) is 5.13 Å². The van der Waals surface area contributed by atoms with Gasteiger partial charge >= 0.3 is 0 Å². The smallest absolute Gasteiger partial charge is 0.274 e. The number of rotatable bonds is 5. The number of benzene rings is 2. The zero-order valence-electron chi connectivity index (χ0n) is 18.1. The zero-order valence-corrected chi connectivity index (χ0v) is 18.9. The van der Waals surface area contributed by atoms with Gasteiger partial charge in [-0.25, -0.2) is 9.37 Å². The maximum Gasteiger partial charge on any atom is 0.274 e. The van der Waals surface area contributed by atoms with Gasteiger partial charge in [0.25, 0.3) is 11.8 Å². The topological polar surface area (TPSA) is 104 Å². The third-order valence-electron chi connectivity index (χ3n) is 6.71. The molecule has 172 valence electrons. The molecule has 1 aliphatic carbocycles. The zero-order chi connectivity index (χ0) is 23.4. The second-order valence-electron chi connectivity index (χ2n) is 8.86. The van der Waals surface area contributed by atoms with Gasteiger partial charge in [-0.2, -0.15) is 0 Å². The average Bonchev–Trinajstić information content (AvgIpc) is 3.17. The van der Waals surface area contributed by atoms with Crippen LogP contribution in [0.5, 0.6) is 0 Å². The first-order valence-corrected chi connectivity index (χ1v) is 12.0. The molecule has 0 unspecified atom stereocenters. The van der Waals surface area contributed by atoms with E-state index in [0.29, 0.717) is 28.5 Å². The number of piperidine rings is 1. The van der Waals surface area contributed by atoms with Gasteiger partial charge in [0, 0.05) is 29.7 Å². The summed E-state index contributed by atoms with van der Waals surface area (Å²) in [5.41, 5.74) is 8.25. The van der Waals surface area contributed by atoms with Crippen molar-refractivity contribution in [3.8, 4) is 10.4 Å². The van der Waals surface area contributed by atoms with Crippen molar-refractivity contribution in [3.05, 3.63) is 71.8 Å². The molecular formula is C25H22FN5O2S. The van der Waals surface area contributed by atoms with Crippen LogP contribution in [0.15, 0.2) is 54.7 Å². The number of nitrogens with two attached hydrogens (primary N) is 1. The SMILES string of the molecule is Nc1nc(C(=O)N2[C@H](CNC(=O)c3c[nH]c4ccccc34)C[C@@H]3C[C@@H]32)c(-c2cccc(F)c2)s1. The number of halogens is 1. The molecular weight excluding hydrogens is 453 g/mol. The first kappa shape index (κ1) is 20.9. The lowest BCUT2D eigenvalue weighted by atomic mass is 10.1. The van der Waals surface area contributed by atoms with Crippen LogP contribution < -0.4 is 11.1 Å². The lowest BCUT2D eigenvalue weighted by molar-refractivity contribution is 0.0685. The van der Waals surface area contributed by atoms with Gasteiger partial charge in [-0.05, 0) is 42.5 Å². The highest BCUT2D eigenvalue weighted by Crippen LogP contribution is 2.49. The molecule has 9 heteroatoms. The molecule has 1 saturated carbocycles. The van der Waals surface area contributed by atoms with Crippen LogP contribution in [-0.4, -0.2) is 45.3 Å². The number of amides is 2. The molecule has 2 aliphatic rings. The van der Waals surface area contributed by atoms with Crippen molar-refractivity contribution < 1.29 is 14.0 Å². The molecule has 1 aliphatic heterocycles. The molecule has 1 saturated heterocycles. The number of fused-ring (bicyclic) bond motifs is 2. The van der Waals surface area contributed by atoms with Crippen LogP contribution in [0.4, 0.5) is 9.52 Å². The normalized spacial score (nSPS) is 21.0. The Labute approximate surface area is 198 Å². The second-order valence-corrected chi connectivity index (χ2v) is 9.89. The minimum absolute atomic E-state index is 0.131. The molecule has 3 atom stereocenters. The summed E-state index contributed by atoms with van der Waals surface area (Å²) < 4.78 is 13.8. The molecule has 2 aromatic heterocycles. The summed E-state index contributed by atoms with van der Waals surface area (Å²) in [5.74, 6) is -0.343. The Morgan fingerprint density at radius 2 is 2.06 bits per heavy atom. The summed E-state index contributed by atoms with van der Waals surface area (Å²) in [4.78, 5) is 36.4. The highest BCUT2D eigenvalue weighted by Gasteiger charge is 2.54. The number of aromatic amines is 1. The van der Waals surface area contributed by atoms with Gasteiger partial charge in [0.2, 0.25) is 0 Å². The fourth-order valence-electron chi connectivity index (χ4n) is 5.05. The average molecular weight is 476 g/mol. The number of carbonyl (C=O) groups is 2. The maximum absolute atomic E-state index is 13.8. The van der Waals surface area contributed by atoms with Crippen molar-refractivity contribution in [2.75, 3.05) is 12.3 Å². The van der Waals surface area contributed by atoms with Crippen LogP contribution in [-0.2, 0) is 0 Å². The highest BCUT2D eigenvalue weighted by atomic mass is 32.1. The van der Waals surface area contributed by atoms with Gasteiger partial charge < -0.3 is 20.9 Å². The summed E-state index contributed by atoms with van der Waals surface area (Å²) >= 11 is 1.18. The third kappa shape index (κ3) is 3.52. The van der Waals surface area contributed by atoms with Gasteiger partial charge in [-0.1, -0.05) is 41.7 Å². The van der Waals surface area contributed by atoms with Crippen molar-refractivity contribution >= 4 is 39.2 Å². The van der Waals surface area contributed by atoms with E-state index in [9.17, 15) is 14.0 Å². The van der Waals surface area contributed by atoms with E-state index in [1.807, 2.05) is 29.2 Å². The van der Waals surface area contributed by atoms with Crippen molar-refractivity contribution in [2.45, 2.75) is 24.9 Å². The van der Waals surface area contributed by atoms with E-state index in [-0.39, 0.29) is 40.5 Å². The van der Waals surface area contributed by atoms with E-state index in [0.717, 1.165) is 23.7 Å². The minimum atomic E-state index is -0.385. The van der Waals surface area contributed by atoms with Crippen LogP contribution in [0.1, 0.15) is 33.7 Å². The molecule has 0 bridgehead atoms. The molecule has 0 spiro atoms. The van der Waals surface area contributed by atoms with Crippen LogP contribution in [0.2, 0.25) is 0 Å². The number of anilines is 1. The first-order chi connectivity index (χ1) is 16.5. The summed E-state index contributed by atoms with van der Waals surface area (Å²) in [6, 6.07) is 13.7. The number of thiazole rings is 1. The van der Waals surface area contributed by atoms with Crippen LogP contribution in [0, 0.1) is 11.7 Å². The van der Waals surface area contributed by atoms with Gasteiger partial charge in [-0.15, -0.1) is 0 Å². The Morgan fingerprint density at radius 1 is 1.21 bits per heavy atom. The maximum atomic E-state index is 13.8. The summed E-state index contributed by atoms with van der Waals surface area (Å²) in [5, 5.41) is 4.13. The van der Waals surface area contributed by atoms with Gasteiger partial charge in [0.1, 0.15) is 11.5 Å². The lowest BCUT2D eigenvalue weighted by Crippen LogP contribution is -2.45. The molecule has 7 nitrogen and oxygen atoms in total. The minimum Gasteiger partial charge on any atom is -0.375 e. The van der Waals surface area contributed by atoms with E-state index in [2.05, 4.69) is 15.3 Å². The molecule has 34 heavy (non-hydrogen) atoms. The number of nitrogens with one attached hydrogen (secondary N) is 2. The number of nitrogens with zero attached hydrogens (tertiary/aromatic N) is 2. The molecule has 2 fully saturated rings. The van der Waals surface area contributed by atoms with E-state index in [4.69, 9.17) is 5.73 Å². The Balaban J connectivity index is 1.23. The molecule has 0 radical (unpaired) electrons. The number of H-pyrrole nitrogens is 1. The van der Waals surface area contributed by atoms with E-state index >= 15 is 0 Å². The number of likely N-dealkylation sites (tertiary alicyclic amines) is 1. The standard InChI is InChI=1S/C25H22FN5O2S/c26-15-5-3-4-13(8-15)22-21(30-25(27)34-22)24(33)31-16(9-14-10-20(14)31)11-29-23(32)18-12-28-19-7-2-1-6-17(18)19/h1-8,12,14,16,20,28H,9-11H2,(H2,27,30)(H,29,32)/t14-,16+,20+/m1/s1. The molecule has 2 amide bonds. The quantitative estimate of drug-likeness (QED) is 0.405. The number of para-hydroxylation sites is 1. The lowest BCUT2D eigenvalue weighted by Gasteiger charge is -2.27. The number of aromatic nitrogens is 2. The Morgan fingerprint density at radius 3 is 2.91 bits per heavy atom. The predicted octanol–water partition coefficient (Wildman–Crippen LogP) is 4.05. The summed E-state index contributed by atoms with van der Waals surface area (Å²) in [6.45, 7) is 0.353. The Kier molecular flexibility index (Phi) is 4.88. The second kappa shape index (κ2) is 7.95. The fraction of sp³-hybridized carbons (Fsp3) is 0.240. The fourth-order valence-corrected chi connectivity index (χ4v) is 5.87. The van der Waals surface area contributed by atoms with Crippen molar-refractivity contribution in [3.63, 3.8) is 0 Å².